The van der Waals surface area contributed by atoms with Crippen LogP contribution in [-0.2, 0) is 12.7 Å². The second kappa shape index (κ2) is 9.35. The molecule has 6 aromatic rings. The molecule has 0 unspecified atom stereocenters. The molecular weight excluding hydrogens is 512 g/mol. The van der Waals surface area contributed by atoms with Gasteiger partial charge in [0.05, 0.1) is 24.1 Å². The fraction of sp³-hybridized carbons (Fsp3) is 0.0714. The van der Waals surface area contributed by atoms with Crippen molar-refractivity contribution in [2.75, 3.05) is 5.32 Å². The number of anilines is 1. The lowest BCUT2D eigenvalue weighted by Gasteiger charge is -2.11. The lowest BCUT2D eigenvalue weighted by molar-refractivity contribution is -0.142. The highest BCUT2D eigenvalue weighted by molar-refractivity contribution is 6.03. The zero-order chi connectivity index (χ0) is 27.1. The smallest absolute Gasteiger partial charge is 0.318 e. The van der Waals surface area contributed by atoms with E-state index in [-0.39, 0.29) is 22.6 Å². The molecule has 3 aromatic heterocycles. The number of carbonyl (C=O) groups excluding carboxylic acids is 1. The Bertz CT molecular complexity index is 1830. The lowest BCUT2D eigenvalue weighted by Crippen LogP contribution is -2.15. The molecule has 194 valence electrons. The Hall–Kier alpha value is -5.06. The Morgan fingerprint density at radius 1 is 0.949 bits per heavy atom. The van der Waals surface area contributed by atoms with Crippen molar-refractivity contribution in [2.24, 2.45) is 0 Å². The first-order valence-corrected chi connectivity index (χ1v) is 11.8. The molecule has 7 nitrogen and oxygen atoms in total. The fourth-order valence-electron chi connectivity index (χ4n) is 4.37. The molecule has 3 heterocycles. The normalized spacial score (nSPS) is 11.8. The first-order valence-electron chi connectivity index (χ1n) is 11.8. The molecule has 1 N–H and O–H groups in total. The Kier molecular flexibility index (Phi) is 5.82. The topological polar surface area (TPSA) is 77.1 Å². The Balaban J connectivity index is 1.27. The minimum Gasteiger partial charge on any atom is -0.318 e. The van der Waals surface area contributed by atoms with Crippen LogP contribution in [0.15, 0.2) is 91.3 Å². The molecule has 6 rings (SSSR count). The number of amides is 1. The van der Waals surface area contributed by atoms with Gasteiger partial charge < -0.3 is 5.32 Å². The van der Waals surface area contributed by atoms with Gasteiger partial charge in [-0.2, -0.15) is 23.4 Å². The molecule has 0 aliphatic heterocycles. The predicted molar refractivity (Wildman–Crippen MR) is 137 cm³/mol. The van der Waals surface area contributed by atoms with Crippen LogP contribution in [0.25, 0.3) is 27.7 Å². The summed E-state index contributed by atoms with van der Waals surface area (Å²) in [5, 5.41) is 13.0. The van der Waals surface area contributed by atoms with E-state index in [4.69, 9.17) is 0 Å². The van der Waals surface area contributed by atoms with Crippen LogP contribution in [0.4, 0.5) is 23.2 Å². The second-order valence-corrected chi connectivity index (χ2v) is 8.85. The molecule has 0 fully saturated rings. The summed E-state index contributed by atoms with van der Waals surface area (Å²) in [6.07, 6.45) is -1.70. The van der Waals surface area contributed by atoms with Crippen molar-refractivity contribution >= 4 is 28.0 Å². The van der Waals surface area contributed by atoms with E-state index in [1.54, 1.807) is 10.9 Å². The number of hydrogen-bond donors (Lipinski definition) is 1. The lowest BCUT2D eigenvalue weighted by atomic mass is 10.0. The molecule has 0 aliphatic rings. The van der Waals surface area contributed by atoms with Crippen LogP contribution < -0.4 is 5.32 Å². The third kappa shape index (κ3) is 4.81. The van der Waals surface area contributed by atoms with Crippen LogP contribution in [0.1, 0.15) is 21.7 Å². The summed E-state index contributed by atoms with van der Waals surface area (Å²) >= 11 is 0. The molecule has 11 heteroatoms. The summed E-state index contributed by atoms with van der Waals surface area (Å²) in [5.74, 6) is -1.25. The Morgan fingerprint density at radius 2 is 1.72 bits per heavy atom. The quantitative estimate of drug-likeness (QED) is 0.269. The standard InChI is InChI=1S/C28H18F4N6O/c29-20-10-8-18(9-11-20)23-12-25(28(30,31)32)38-26(35-23)13-24(36-38)27(39)34-21-14-33-37(16-21)15-19-6-3-5-17-4-1-2-7-22(17)19/h1-14,16H,15H2,(H,34,39). The maximum Gasteiger partial charge on any atom is 0.433 e. The van der Waals surface area contributed by atoms with Gasteiger partial charge in [-0.1, -0.05) is 42.5 Å². The van der Waals surface area contributed by atoms with Crippen LogP contribution in [0.2, 0.25) is 0 Å². The number of alkyl halides is 3. The maximum absolute atomic E-state index is 13.9. The number of hydrogen-bond acceptors (Lipinski definition) is 4. The van der Waals surface area contributed by atoms with Crippen molar-refractivity contribution < 1.29 is 22.4 Å². The predicted octanol–water partition coefficient (Wildman–Crippen LogP) is 6.20. The first-order chi connectivity index (χ1) is 18.7. The maximum atomic E-state index is 13.9. The Morgan fingerprint density at radius 3 is 2.51 bits per heavy atom. The van der Waals surface area contributed by atoms with Crippen molar-refractivity contribution in [3.8, 4) is 11.3 Å². The van der Waals surface area contributed by atoms with Gasteiger partial charge in [0.2, 0.25) is 0 Å². The number of nitrogens with one attached hydrogen (secondary N) is 1. The van der Waals surface area contributed by atoms with E-state index in [1.807, 2.05) is 42.5 Å². The monoisotopic (exact) mass is 530 g/mol. The van der Waals surface area contributed by atoms with Crippen LogP contribution in [-0.4, -0.2) is 30.3 Å². The van der Waals surface area contributed by atoms with Gasteiger partial charge in [0.25, 0.3) is 5.91 Å². The van der Waals surface area contributed by atoms with Crippen LogP contribution in [0, 0.1) is 5.82 Å². The summed E-state index contributed by atoms with van der Waals surface area (Å²) in [7, 11) is 0. The van der Waals surface area contributed by atoms with Gasteiger partial charge in [-0.05, 0) is 46.7 Å². The number of benzene rings is 3. The van der Waals surface area contributed by atoms with Gasteiger partial charge in [0.1, 0.15) is 5.82 Å². The van der Waals surface area contributed by atoms with E-state index in [9.17, 15) is 22.4 Å². The SMILES string of the molecule is O=C(Nc1cnn(Cc2cccc3ccccc23)c1)c1cc2nc(-c3ccc(F)cc3)cc(C(F)(F)F)n2n1. The summed E-state index contributed by atoms with van der Waals surface area (Å²) in [4.78, 5) is 17.1. The number of fused-ring (bicyclic) bond motifs is 2. The average Bonchev–Trinajstić information content (AvgIpc) is 3.55. The van der Waals surface area contributed by atoms with Crippen molar-refractivity contribution in [3.05, 3.63) is 114 Å². The van der Waals surface area contributed by atoms with Crippen molar-refractivity contribution in [1.82, 2.24) is 24.4 Å². The molecule has 0 saturated carbocycles. The summed E-state index contributed by atoms with van der Waals surface area (Å²) < 4.78 is 57.1. The van der Waals surface area contributed by atoms with E-state index in [2.05, 4.69) is 20.5 Å². The van der Waals surface area contributed by atoms with Gasteiger partial charge in [-0.25, -0.2) is 13.9 Å². The van der Waals surface area contributed by atoms with Crippen LogP contribution in [0.3, 0.4) is 0 Å². The molecule has 0 atom stereocenters. The van der Waals surface area contributed by atoms with E-state index in [1.165, 1.54) is 18.3 Å². The molecule has 39 heavy (non-hydrogen) atoms. The largest absolute Gasteiger partial charge is 0.433 e. The number of rotatable bonds is 5. The molecular formula is C28H18F4N6O. The number of carbonyl (C=O) groups is 1. The van der Waals surface area contributed by atoms with E-state index < -0.39 is 23.6 Å². The molecule has 0 radical (unpaired) electrons. The molecule has 0 aliphatic carbocycles. The fourth-order valence-corrected chi connectivity index (χ4v) is 4.37. The summed E-state index contributed by atoms with van der Waals surface area (Å²) in [6, 6.07) is 20.8. The van der Waals surface area contributed by atoms with Crippen LogP contribution >= 0.6 is 0 Å². The van der Waals surface area contributed by atoms with E-state index >= 15 is 0 Å². The minimum absolute atomic E-state index is 0.0311. The molecule has 0 spiro atoms. The number of halogens is 4. The van der Waals surface area contributed by atoms with Crippen LogP contribution in [0.5, 0.6) is 0 Å². The zero-order valence-electron chi connectivity index (χ0n) is 20.0. The minimum atomic E-state index is -4.78. The summed E-state index contributed by atoms with van der Waals surface area (Å²) in [6.45, 7) is 0.455. The highest BCUT2D eigenvalue weighted by Crippen LogP contribution is 2.32. The van der Waals surface area contributed by atoms with Crippen molar-refractivity contribution in [1.29, 1.82) is 0 Å². The molecule has 0 saturated heterocycles. The number of aromatic nitrogens is 5. The van der Waals surface area contributed by atoms with Gasteiger partial charge in [0.15, 0.2) is 17.0 Å². The average molecular weight is 530 g/mol. The molecule has 0 bridgehead atoms. The van der Waals surface area contributed by atoms with Crippen molar-refractivity contribution in [2.45, 2.75) is 12.7 Å². The third-order valence-electron chi connectivity index (χ3n) is 6.19. The number of nitrogens with zero attached hydrogens (tertiary/aromatic N) is 5. The third-order valence-corrected chi connectivity index (χ3v) is 6.19. The molecule has 3 aromatic carbocycles. The van der Waals surface area contributed by atoms with E-state index in [0.29, 0.717) is 16.7 Å². The molecule has 1 amide bonds. The van der Waals surface area contributed by atoms with Gasteiger partial charge in [0, 0.05) is 17.8 Å². The second-order valence-electron chi connectivity index (χ2n) is 8.85. The summed E-state index contributed by atoms with van der Waals surface area (Å²) in [5.41, 5.74) is 0.0952. The van der Waals surface area contributed by atoms with Gasteiger partial charge in [-0.3, -0.25) is 9.48 Å². The highest BCUT2D eigenvalue weighted by atomic mass is 19.4. The zero-order valence-corrected chi connectivity index (χ0v) is 20.0. The first kappa shape index (κ1) is 24.3. The van der Waals surface area contributed by atoms with Crippen molar-refractivity contribution in [3.63, 3.8) is 0 Å². The van der Waals surface area contributed by atoms with Gasteiger partial charge in [-0.15, -0.1) is 0 Å². The Labute approximate surface area is 218 Å². The highest BCUT2D eigenvalue weighted by Gasteiger charge is 2.35. The van der Waals surface area contributed by atoms with Gasteiger partial charge >= 0.3 is 6.18 Å². The van der Waals surface area contributed by atoms with E-state index in [0.717, 1.165) is 40.6 Å².